The highest BCUT2D eigenvalue weighted by Crippen LogP contribution is 2.22. The van der Waals surface area contributed by atoms with E-state index in [9.17, 15) is 9.59 Å². The SMILES string of the molecule is COCCNC(=O)COc1ccc2c(C)cc(=O)oc2c1. The second-order valence-electron chi connectivity index (χ2n) is 4.54. The van der Waals surface area contributed by atoms with Crippen molar-refractivity contribution in [1.82, 2.24) is 5.32 Å². The van der Waals surface area contributed by atoms with E-state index in [2.05, 4.69) is 5.32 Å². The molecule has 0 saturated heterocycles. The smallest absolute Gasteiger partial charge is 0.336 e. The molecular weight excluding hydrogens is 274 g/mol. The molecule has 0 unspecified atom stereocenters. The van der Waals surface area contributed by atoms with Crippen LogP contribution in [0, 0.1) is 6.92 Å². The van der Waals surface area contributed by atoms with Gasteiger partial charge in [0.25, 0.3) is 5.91 Å². The molecule has 6 heteroatoms. The Bertz CT molecular complexity index is 692. The van der Waals surface area contributed by atoms with Crippen LogP contribution in [0.2, 0.25) is 0 Å². The van der Waals surface area contributed by atoms with E-state index in [1.165, 1.54) is 6.07 Å². The molecule has 1 heterocycles. The van der Waals surface area contributed by atoms with Crippen LogP contribution in [-0.2, 0) is 9.53 Å². The van der Waals surface area contributed by atoms with Gasteiger partial charge in [0, 0.05) is 31.2 Å². The van der Waals surface area contributed by atoms with E-state index in [0.29, 0.717) is 24.5 Å². The summed E-state index contributed by atoms with van der Waals surface area (Å²) in [6.07, 6.45) is 0. The first-order valence-electron chi connectivity index (χ1n) is 6.53. The second kappa shape index (κ2) is 6.90. The average molecular weight is 291 g/mol. The fourth-order valence-corrected chi connectivity index (χ4v) is 1.89. The van der Waals surface area contributed by atoms with Crippen molar-refractivity contribution in [2.75, 3.05) is 26.9 Å². The number of aryl methyl sites for hydroxylation is 1. The van der Waals surface area contributed by atoms with Crippen LogP contribution in [0.1, 0.15) is 5.56 Å². The minimum Gasteiger partial charge on any atom is -0.484 e. The summed E-state index contributed by atoms with van der Waals surface area (Å²) in [6, 6.07) is 6.57. The molecule has 0 fully saturated rings. The fourth-order valence-electron chi connectivity index (χ4n) is 1.89. The summed E-state index contributed by atoms with van der Waals surface area (Å²) in [5.41, 5.74) is 0.872. The molecule has 1 aromatic carbocycles. The number of carbonyl (C=O) groups is 1. The lowest BCUT2D eigenvalue weighted by molar-refractivity contribution is -0.123. The third kappa shape index (κ3) is 4.06. The minimum atomic E-state index is -0.408. The Morgan fingerprint density at radius 2 is 2.14 bits per heavy atom. The van der Waals surface area contributed by atoms with Gasteiger partial charge in [0.15, 0.2) is 6.61 Å². The molecule has 21 heavy (non-hydrogen) atoms. The predicted octanol–water partition coefficient (Wildman–Crippen LogP) is 1.24. The van der Waals surface area contributed by atoms with Crippen LogP contribution >= 0.6 is 0 Å². The summed E-state index contributed by atoms with van der Waals surface area (Å²) in [5.74, 6) is 0.232. The quantitative estimate of drug-likeness (QED) is 0.640. The van der Waals surface area contributed by atoms with E-state index >= 15 is 0 Å². The fraction of sp³-hybridized carbons (Fsp3) is 0.333. The number of rotatable bonds is 6. The minimum absolute atomic E-state index is 0.106. The van der Waals surface area contributed by atoms with Crippen molar-refractivity contribution in [3.8, 4) is 5.75 Å². The van der Waals surface area contributed by atoms with Gasteiger partial charge in [0.05, 0.1) is 6.61 Å². The van der Waals surface area contributed by atoms with E-state index in [0.717, 1.165) is 10.9 Å². The van der Waals surface area contributed by atoms with Crippen LogP contribution in [-0.4, -0.2) is 32.8 Å². The van der Waals surface area contributed by atoms with Gasteiger partial charge in [-0.3, -0.25) is 4.79 Å². The lowest BCUT2D eigenvalue weighted by Gasteiger charge is -2.08. The lowest BCUT2D eigenvalue weighted by atomic mass is 10.1. The van der Waals surface area contributed by atoms with Gasteiger partial charge in [0.1, 0.15) is 11.3 Å². The van der Waals surface area contributed by atoms with Crippen molar-refractivity contribution in [2.24, 2.45) is 0 Å². The largest absolute Gasteiger partial charge is 0.484 e. The average Bonchev–Trinajstić information content (AvgIpc) is 2.45. The van der Waals surface area contributed by atoms with Gasteiger partial charge in [-0.1, -0.05) is 0 Å². The Morgan fingerprint density at radius 1 is 1.33 bits per heavy atom. The zero-order valence-electron chi connectivity index (χ0n) is 12.0. The van der Waals surface area contributed by atoms with E-state index in [4.69, 9.17) is 13.9 Å². The molecule has 6 nitrogen and oxygen atoms in total. The Labute approximate surface area is 121 Å². The molecule has 0 spiro atoms. The van der Waals surface area contributed by atoms with Crippen molar-refractivity contribution in [1.29, 1.82) is 0 Å². The van der Waals surface area contributed by atoms with Gasteiger partial charge in [-0.15, -0.1) is 0 Å². The Morgan fingerprint density at radius 3 is 2.90 bits per heavy atom. The molecule has 0 bridgehead atoms. The monoisotopic (exact) mass is 291 g/mol. The second-order valence-corrected chi connectivity index (χ2v) is 4.54. The first kappa shape index (κ1) is 15.1. The molecule has 0 aliphatic heterocycles. The summed E-state index contributed by atoms with van der Waals surface area (Å²) >= 11 is 0. The van der Waals surface area contributed by atoms with Crippen molar-refractivity contribution in [3.05, 3.63) is 40.2 Å². The summed E-state index contributed by atoms with van der Waals surface area (Å²) in [4.78, 5) is 22.8. The summed E-state index contributed by atoms with van der Waals surface area (Å²) in [7, 11) is 1.56. The van der Waals surface area contributed by atoms with Gasteiger partial charge in [0.2, 0.25) is 0 Å². The molecule has 0 atom stereocenters. The van der Waals surface area contributed by atoms with Gasteiger partial charge >= 0.3 is 5.63 Å². The normalized spacial score (nSPS) is 10.6. The van der Waals surface area contributed by atoms with Crippen molar-refractivity contribution in [3.63, 3.8) is 0 Å². The number of ether oxygens (including phenoxy) is 2. The molecule has 1 N–H and O–H groups in total. The highest BCUT2D eigenvalue weighted by Gasteiger charge is 2.06. The Balaban J connectivity index is 2.03. The number of methoxy groups -OCH3 is 1. The lowest BCUT2D eigenvalue weighted by Crippen LogP contribution is -2.31. The molecule has 2 rings (SSSR count). The van der Waals surface area contributed by atoms with Gasteiger partial charge in [-0.2, -0.15) is 0 Å². The molecule has 1 amide bonds. The molecule has 0 saturated carbocycles. The van der Waals surface area contributed by atoms with E-state index in [1.807, 2.05) is 6.92 Å². The molecule has 0 radical (unpaired) electrons. The van der Waals surface area contributed by atoms with Gasteiger partial charge < -0.3 is 19.2 Å². The number of fused-ring (bicyclic) bond motifs is 1. The van der Waals surface area contributed by atoms with Crippen molar-refractivity contribution >= 4 is 16.9 Å². The van der Waals surface area contributed by atoms with E-state index < -0.39 is 5.63 Å². The molecule has 0 aliphatic rings. The first-order valence-corrected chi connectivity index (χ1v) is 6.53. The first-order chi connectivity index (χ1) is 10.1. The number of nitrogens with one attached hydrogen (secondary N) is 1. The van der Waals surface area contributed by atoms with Crippen molar-refractivity contribution in [2.45, 2.75) is 6.92 Å². The number of hydrogen-bond acceptors (Lipinski definition) is 5. The van der Waals surface area contributed by atoms with Crippen LogP contribution in [0.15, 0.2) is 33.5 Å². The number of hydrogen-bond donors (Lipinski definition) is 1. The van der Waals surface area contributed by atoms with Crippen LogP contribution in [0.4, 0.5) is 0 Å². The van der Waals surface area contributed by atoms with Crippen LogP contribution < -0.4 is 15.7 Å². The summed E-state index contributed by atoms with van der Waals surface area (Å²) in [6.45, 7) is 2.62. The third-order valence-electron chi connectivity index (χ3n) is 2.92. The van der Waals surface area contributed by atoms with Crippen LogP contribution in [0.5, 0.6) is 5.75 Å². The highest BCUT2D eigenvalue weighted by molar-refractivity contribution is 5.81. The maximum Gasteiger partial charge on any atom is 0.336 e. The summed E-state index contributed by atoms with van der Waals surface area (Å²) in [5, 5.41) is 3.49. The van der Waals surface area contributed by atoms with Crippen LogP contribution in [0.3, 0.4) is 0 Å². The molecule has 1 aromatic heterocycles. The number of amides is 1. The maximum atomic E-state index is 11.5. The molecule has 0 aliphatic carbocycles. The maximum absolute atomic E-state index is 11.5. The van der Waals surface area contributed by atoms with E-state index in [-0.39, 0.29) is 12.5 Å². The van der Waals surface area contributed by atoms with Crippen molar-refractivity contribution < 1.29 is 18.7 Å². The standard InChI is InChI=1S/C15H17NO5/c1-10-7-15(18)21-13-8-11(3-4-12(10)13)20-9-14(17)16-5-6-19-2/h3-4,7-8H,5-6,9H2,1-2H3,(H,16,17). The highest BCUT2D eigenvalue weighted by atomic mass is 16.5. The van der Waals surface area contributed by atoms with E-state index in [1.54, 1.807) is 25.3 Å². The Kier molecular flexibility index (Phi) is 4.94. The zero-order chi connectivity index (χ0) is 15.2. The predicted molar refractivity (Wildman–Crippen MR) is 77.6 cm³/mol. The molecule has 2 aromatic rings. The van der Waals surface area contributed by atoms with Gasteiger partial charge in [-0.25, -0.2) is 4.79 Å². The number of benzene rings is 1. The molecule has 112 valence electrons. The molecular formula is C15H17NO5. The Hall–Kier alpha value is -2.34. The zero-order valence-corrected chi connectivity index (χ0v) is 12.0. The number of carbonyl (C=O) groups excluding carboxylic acids is 1. The third-order valence-corrected chi connectivity index (χ3v) is 2.92. The topological polar surface area (TPSA) is 77.8 Å². The van der Waals surface area contributed by atoms with Crippen LogP contribution in [0.25, 0.3) is 11.0 Å². The van der Waals surface area contributed by atoms with Gasteiger partial charge in [-0.05, 0) is 24.6 Å². The summed E-state index contributed by atoms with van der Waals surface area (Å²) < 4.78 is 15.3.